The molecule has 1 rings (SSSR count). The maximum Gasteiger partial charge on any atom is 0.154 e. The van der Waals surface area contributed by atoms with Crippen LogP contribution in [0.25, 0.3) is 0 Å². The molecule has 0 unspecified atom stereocenters. The molecule has 14 heavy (non-hydrogen) atoms. The maximum atomic E-state index is 10.7. The summed E-state index contributed by atoms with van der Waals surface area (Å²) in [6, 6.07) is 4.87. The summed E-state index contributed by atoms with van der Waals surface area (Å²) in [7, 11) is 0. The summed E-state index contributed by atoms with van der Waals surface area (Å²) in [5.74, 6) is 0.407. The van der Waals surface area contributed by atoms with Crippen LogP contribution in [0, 0.1) is 0 Å². The van der Waals surface area contributed by atoms with E-state index >= 15 is 0 Å². The van der Waals surface area contributed by atoms with Crippen LogP contribution in [0.5, 0.6) is 5.75 Å². The Balaban J connectivity index is 3.07. The third kappa shape index (κ3) is 2.07. The Hall–Kier alpha value is -1.90. The number of carbonyl (C=O) groups excluding carboxylic acids is 2. The van der Waals surface area contributed by atoms with Gasteiger partial charge in [0.1, 0.15) is 12.4 Å². The highest BCUT2D eigenvalue weighted by atomic mass is 16.5. The fourth-order valence-electron chi connectivity index (χ4n) is 1.06. The second-order valence-electron chi connectivity index (χ2n) is 2.59. The first-order valence-corrected chi connectivity index (χ1v) is 4.10. The zero-order valence-corrected chi connectivity index (χ0v) is 7.60. The third-order valence-electron chi connectivity index (χ3n) is 1.70. The van der Waals surface area contributed by atoms with Crippen molar-refractivity contribution in [2.75, 3.05) is 6.61 Å². The average molecular weight is 190 g/mol. The maximum absolute atomic E-state index is 10.7. The molecule has 0 aliphatic heterocycles. The summed E-state index contributed by atoms with van der Waals surface area (Å²) in [5, 5.41) is 0. The molecule has 0 spiro atoms. The minimum absolute atomic E-state index is 0.282. The lowest BCUT2D eigenvalue weighted by molar-refractivity contribution is 0.109. The number of hydrogen-bond acceptors (Lipinski definition) is 3. The molecule has 0 atom stereocenters. The van der Waals surface area contributed by atoms with Crippen molar-refractivity contribution in [2.45, 2.75) is 0 Å². The minimum atomic E-state index is 0.282. The standard InChI is InChI=1S/C11H10O3/c1-2-6-14-11-5-3-4-9(7-12)10(11)8-13/h2-5,7-8H,1,6H2. The molecule has 0 aliphatic rings. The number of aldehydes is 2. The highest BCUT2D eigenvalue weighted by Gasteiger charge is 2.06. The van der Waals surface area contributed by atoms with Crippen LogP contribution < -0.4 is 4.74 Å². The van der Waals surface area contributed by atoms with Gasteiger partial charge in [-0.05, 0) is 6.07 Å². The van der Waals surface area contributed by atoms with Gasteiger partial charge in [0.25, 0.3) is 0 Å². The van der Waals surface area contributed by atoms with Gasteiger partial charge in [-0.1, -0.05) is 24.8 Å². The lowest BCUT2D eigenvalue weighted by Crippen LogP contribution is -1.99. The van der Waals surface area contributed by atoms with Gasteiger partial charge < -0.3 is 4.74 Å². The van der Waals surface area contributed by atoms with Gasteiger partial charge in [-0.2, -0.15) is 0 Å². The number of ether oxygens (including phenoxy) is 1. The van der Waals surface area contributed by atoms with E-state index in [1.807, 2.05) is 0 Å². The van der Waals surface area contributed by atoms with E-state index in [0.29, 0.717) is 30.5 Å². The predicted octanol–water partition coefficient (Wildman–Crippen LogP) is 1.88. The van der Waals surface area contributed by atoms with Crippen LogP contribution in [0.1, 0.15) is 20.7 Å². The van der Waals surface area contributed by atoms with Crippen molar-refractivity contribution in [3.05, 3.63) is 42.0 Å². The summed E-state index contributed by atoms with van der Waals surface area (Å²) < 4.78 is 5.21. The van der Waals surface area contributed by atoms with E-state index in [4.69, 9.17) is 4.74 Å². The number of hydrogen-bond donors (Lipinski definition) is 0. The van der Waals surface area contributed by atoms with Crippen LogP contribution in [0.3, 0.4) is 0 Å². The average Bonchev–Trinajstić information content (AvgIpc) is 2.25. The van der Waals surface area contributed by atoms with Crippen LogP contribution in [0.15, 0.2) is 30.9 Å². The van der Waals surface area contributed by atoms with Gasteiger partial charge in [0, 0.05) is 5.56 Å². The summed E-state index contributed by atoms with van der Waals surface area (Å²) in [6.45, 7) is 3.80. The van der Waals surface area contributed by atoms with Crippen molar-refractivity contribution in [2.24, 2.45) is 0 Å². The van der Waals surface area contributed by atoms with E-state index in [9.17, 15) is 9.59 Å². The lowest BCUT2D eigenvalue weighted by atomic mass is 10.1. The molecule has 3 heteroatoms. The molecule has 1 aromatic carbocycles. The summed E-state index contributed by atoms with van der Waals surface area (Å²) >= 11 is 0. The third-order valence-corrected chi connectivity index (χ3v) is 1.70. The van der Waals surface area contributed by atoms with Crippen molar-refractivity contribution >= 4 is 12.6 Å². The first-order chi connectivity index (χ1) is 6.83. The molecule has 0 bridgehead atoms. The largest absolute Gasteiger partial charge is 0.489 e. The predicted molar refractivity (Wildman–Crippen MR) is 52.9 cm³/mol. The second kappa shape index (κ2) is 4.97. The van der Waals surface area contributed by atoms with Crippen LogP contribution in [-0.4, -0.2) is 19.2 Å². The molecule has 0 fully saturated rings. The molecule has 0 aromatic heterocycles. The Bertz CT molecular complexity index is 356. The van der Waals surface area contributed by atoms with E-state index in [1.165, 1.54) is 0 Å². The summed E-state index contributed by atoms with van der Waals surface area (Å²) in [4.78, 5) is 21.3. The molecule has 0 aliphatic carbocycles. The quantitative estimate of drug-likeness (QED) is 0.526. The summed E-state index contributed by atoms with van der Waals surface area (Å²) in [5.41, 5.74) is 0.617. The first-order valence-electron chi connectivity index (χ1n) is 4.10. The van der Waals surface area contributed by atoms with Crippen LogP contribution >= 0.6 is 0 Å². The number of benzene rings is 1. The summed E-state index contributed by atoms with van der Waals surface area (Å²) in [6.07, 6.45) is 2.81. The molecular formula is C11H10O3. The van der Waals surface area contributed by atoms with E-state index in [1.54, 1.807) is 24.3 Å². The number of carbonyl (C=O) groups is 2. The fraction of sp³-hybridized carbons (Fsp3) is 0.0909. The topological polar surface area (TPSA) is 43.4 Å². The first kappa shape index (κ1) is 10.2. The number of rotatable bonds is 5. The van der Waals surface area contributed by atoms with Crippen molar-refractivity contribution in [1.29, 1.82) is 0 Å². The Morgan fingerprint density at radius 1 is 1.29 bits per heavy atom. The highest BCUT2D eigenvalue weighted by Crippen LogP contribution is 2.19. The van der Waals surface area contributed by atoms with Crippen LogP contribution in [-0.2, 0) is 0 Å². The van der Waals surface area contributed by atoms with Gasteiger partial charge in [0.05, 0.1) is 5.56 Å². The van der Waals surface area contributed by atoms with Gasteiger partial charge in [-0.25, -0.2) is 0 Å². The van der Waals surface area contributed by atoms with Gasteiger partial charge in [0.15, 0.2) is 12.6 Å². The van der Waals surface area contributed by atoms with Crippen LogP contribution in [0.4, 0.5) is 0 Å². The van der Waals surface area contributed by atoms with Crippen molar-refractivity contribution in [3.63, 3.8) is 0 Å². The molecule has 0 heterocycles. The van der Waals surface area contributed by atoms with E-state index < -0.39 is 0 Å². The molecule has 72 valence electrons. The van der Waals surface area contributed by atoms with Gasteiger partial charge in [-0.15, -0.1) is 0 Å². The molecule has 0 amide bonds. The Labute approximate surface area is 82.0 Å². The molecule has 0 N–H and O–H groups in total. The van der Waals surface area contributed by atoms with Gasteiger partial charge in [-0.3, -0.25) is 9.59 Å². The molecule has 0 saturated heterocycles. The molecular weight excluding hydrogens is 180 g/mol. The molecule has 3 nitrogen and oxygen atoms in total. The zero-order valence-electron chi connectivity index (χ0n) is 7.60. The second-order valence-corrected chi connectivity index (χ2v) is 2.59. The van der Waals surface area contributed by atoms with Crippen molar-refractivity contribution in [3.8, 4) is 5.75 Å². The van der Waals surface area contributed by atoms with E-state index in [2.05, 4.69) is 6.58 Å². The fourth-order valence-corrected chi connectivity index (χ4v) is 1.06. The van der Waals surface area contributed by atoms with Crippen molar-refractivity contribution < 1.29 is 14.3 Å². The zero-order chi connectivity index (χ0) is 10.4. The molecule has 1 aromatic rings. The Morgan fingerprint density at radius 2 is 2.07 bits per heavy atom. The molecule has 0 saturated carbocycles. The van der Waals surface area contributed by atoms with Crippen LogP contribution in [0.2, 0.25) is 0 Å². The SMILES string of the molecule is C=CCOc1cccc(C=O)c1C=O. The lowest BCUT2D eigenvalue weighted by Gasteiger charge is -2.06. The molecule has 0 radical (unpaired) electrons. The smallest absolute Gasteiger partial charge is 0.154 e. The van der Waals surface area contributed by atoms with Gasteiger partial charge >= 0.3 is 0 Å². The Kier molecular flexibility index (Phi) is 3.61. The van der Waals surface area contributed by atoms with E-state index in [-0.39, 0.29) is 5.56 Å². The normalized spacial score (nSPS) is 9.14. The minimum Gasteiger partial charge on any atom is -0.489 e. The monoisotopic (exact) mass is 190 g/mol. The van der Waals surface area contributed by atoms with E-state index in [0.717, 1.165) is 0 Å². The highest BCUT2D eigenvalue weighted by molar-refractivity contribution is 5.92. The Morgan fingerprint density at radius 3 is 2.64 bits per heavy atom. The van der Waals surface area contributed by atoms with Crippen molar-refractivity contribution in [1.82, 2.24) is 0 Å². The van der Waals surface area contributed by atoms with Gasteiger partial charge in [0.2, 0.25) is 0 Å².